The Morgan fingerprint density at radius 1 is 1.35 bits per heavy atom. The number of hydrogen-bond acceptors (Lipinski definition) is 4. The second-order valence-corrected chi connectivity index (χ2v) is 7.76. The van der Waals surface area contributed by atoms with Gasteiger partial charge in [0.05, 0.1) is 24.0 Å². The van der Waals surface area contributed by atoms with Crippen LogP contribution in [0.5, 0.6) is 0 Å². The number of carbonyl (C=O) groups excluding carboxylic acids is 1. The Balaban J connectivity index is 0.00000334. The minimum absolute atomic E-state index is 0.0957. The lowest BCUT2D eigenvalue weighted by Crippen LogP contribution is -2.44. The molecule has 1 aromatic rings. The number of imidazole rings is 1. The number of nitrogens with zero attached hydrogens (tertiary/aromatic N) is 2. The van der Waals surface area contributed by atoms with Crippen LogP contribution in [0.4, 0.5) is 22.0 Å². The van der Waals surface area contributed by atoms with E-state index in [1.165, 1.54) is 36.4 Å². The van der Waals surface area contributed by atoms with E-state index < -0.39 is 41.5 Å². The van der Waals surface area contributed by atoms with Gasteiger partial charge < -0.3 is 20.0 Å². The largest absolute Gasteiger partial charge is 0.460 e. The van der Waals surface area contributed by atoms with E-state index >= 15 is 0 Å². The molecule has 0 radical (unpaired) electrons. The first kappa shape index (κ1) is 31.5. The van der Waals surface area contributed by atoms with Gasteiger partial charge in [0, 0.05) is 29.8 Å². The van der Waals surface area contributed by atoms with E-state index in [-0.39, 0.29) is 18.7 Å². The Morgan fingerprint density at radius 3 is 2.54 bits per heavy atom. The Morgan fingerprint density at radius 2 is 2.00 bits per heavy atom. The molecule has 0 aromatic carbocycles. The molecular formula is C26H33F5N4O2. The Labute approximate surface area is 213 Å². The molecule has 1 amide bonds. The summed E-state index contributed by atoms with van der Waals surface area (Å²) in [6.45, 7) is 11.5. The first-order chi connectivity index (χ1) is 17.4. The average molecular weight is 529 g/mol. The first-order valence-corrected chi connectivity index (χ1v) is 11.7. The monoisotopic (exact) mass is 528 g/mol. The average Bonchev–Trinajstić information content (AvgIpc) is 3.33. The van der Waals surface area contributed by atoms with Crippen molar-refractivity contribution in [1.29, 1.82) is 5.41 Å². The number of hydrogen-bond donors (Lipinski definition) is 2. The van der Waals surface area contributed by atoms with Crippen LogP contribution in [-0.2, 0) is 16.0 Å². The zero-order valence-corrected chi connectivity index (χ0v) is 21.5. The van der Waals surface area contributed by atoms with E-state index in [2.05, 4.69) is 16.5 Å². The number of aromatic amines is 1. The first-order valence-electron chi connectivity index (χ1n) is 11.7. The standard InChI is InChI=1S/C24H27F5N4O2.C2H6/c1-5-16(24(27,28)29)9-7-8-14(3)12-17(30)20-19-18(31-13-32-19)10-11-33(20)23(34)21(35-6-2)15(4)22(25)26;1-2/h6-9,12-13,20,22,30H,2,5,10-11H2,1,3-4H3,(H,31,32);1-2H3/b8-7-,14-12+,16-9+,21-15+,30-17?;. The van der Waals surface area contributed by atoms with E-state index in [0.29, 0.717) is 23.4 Å². The quantitative estimate of drug-likeness (QED) is 0.119. The highest BCUT2D eigenvalue weighted by Gasteiger charge is 2.38. The zero-order chi connectivity index (χ0) is 28.3. The molecule has 0 bridgehead atoms. The van der Waals surface area contributed by atoms with Gasteiger partial charge in [0.15, 0.2) is 5.76 Å². The van der Waals surface area contributed by atoms with Crippen molar-refractivity contribution in [2.24, 2.45) is 0 Å². The number of allylic oxidation sites excluding steroid dienone is 6. The van der Waals surface area contributed by atoms with Crippen molar-refractivity contribution >= 4 is 11.6 Å². The summed E-state index contributed by atoms with van der Waals surface area (Å²) in [7, 11) is 0. The lowest BCUT2D eigenvalue weighted by molar-refractivity contribution is -0.131. The van der Waals surface area contributed by atoms with Gasteiger partial charge in [-0.15, -0.1) is 0 Å². The highest BCUT2D eigenvalue weighted by Crippen LogP contribution is 2.32. The summed E-state index contributed by atoms with van der Waals surface area (Å²) >= 11 is 0. The minimum Gasteiger partial charge on any atom is -0.460 e. The van der Waals surface area contributed by atoms with Crippen molar-refractivity contribution in [3.63, 3.8) is 0 Å². The number of carbonyl (C=O) groups is 1. The second-order valence-electron chi connectivity index (χ2n) is 7.76. The van der Waals surface area contributed by atoms with Crippen molar-refractivity contribution in [2.45, 2.75) is 66.1 Å². The SMILES string of the molecule is C=CO/C(C(=O)N1CCc2[nH]cnc2C1C(=N)/C=C(C)/C=C\C=C(/CC)C(F)(F)F)=C(\C)C(F)F.CC. The summed E-state index contributed by atoms with van der Waals surface area (Å²) < 4.78 is 70.3. The van der Waals surface area contributed by atoms with E-state index in [0.717, 1.165) is 19.3 Å². The molecule has 2 rings (SSSR count). The van der Waals surface area contributed by atoms with Crippen LogP contribution >= 0.6 is 0 Å². The summed E-state index contributed by atoms with van der Waals surface area (Å²) in [6.07, 6.45) is 0.0562. The fourth-order valence-electron chi connectivity index (χ4n) is 3.54. The third-order valence-electron chi connectivity index (χ3n) is 5.35. The number of alkyl halides is 5. The van der Waals surface area contributed by atoms with Crippen LogP contribution in [0.3, 0.4) is 0 Å². The Bertz CT molecular complexity index is 1080. The van der Waals surface area contributed by atoms with Gasteiger partial charge in [-0.25, -0.2) is 13.8 Å². The van der Waals surface area contributed by atoms with Gasteiger partial charge in [0.2, 0.25) is 0 Å². The number of amides is 1. The third-order valence-corrected chi connectivity index (χ3v) is 5.35. The molecule has 0 fully saturated rings. The molecule has 1 atom stereocenters. The molecule has 2 heterocycles. The molecular weight excluding hydrogens is 495 g/mol. The fraction of sp³-hybridized carbons (Fsp3) is 0.423. The summed E-state index contributed by atoms with van der Waals surface area (Å²) in [6, 6.07) is -1.02. The topological polar surface area (TPSA) is 82.1 Å². The predicted octanol–water partition coefficient (Wildman–Crippen LogP) is 6.98. The molecule has 204 valence electrons. The predicted molar refractivity (Wildman–Crippen MR) is 133 cm³/mol. The molecule has 11 heteroatoms. The molecule has 1 aliphatic heterocycles. The van der Waals surface area contributed by atoms with Gasteiger partial charge in [0.25, 0.3) is 12.3 Å². The van der Waals surface area contributed by atoms with Crippen LogP contribution in [0.25, 0.3) is 0 Å². The lowest BCUT2D eigenvalue weighted by Gasteiger charge is -2.35. The van der Waals surface area contributed by atoms with Crippen molar-refractivity contribution < 1.29 is 31.5 Å². The summed E-state index contributed by atoms with van der Waals surface area (Å²) in [5, 5.41) is 8.62. The highest BCUT2D eigenvalue weighted by molar-refractivity contribution is 6.03. The van der Waals surface area contributed by atoms with Crippen molar-refractivity contribution in [1.82, 2.24) is 14.9 Å². The maximum atomic E-state index is 13.3. The number of ether oxygens (including phenoxy) is 1. The van der Waals surface area contributed by atoms with Crippen LogP contribution in [0.2, 0.25) is 0 Å². The summed E-state index contributed by atoms with van der Waals surface area (Å²) in [5.41, 5.74) is 0.133. The number of rotatable bonds is 9. The van der Waals surface area contributed by atoms with Crippen molar-refractivity contribution in [3.8, 4) is 0 Å². The number of fused-ring (bicyclic) bond motifs is 1. The molecule has 6 nitrogen and oxygen atoms in total. The number of halogens is 5. The Hall–Kier alpha value is -3.50. The van der Waals surface area contributed by atoms with Crippen molar-refractivity contribution in [2.75, 3.05) is 6.54 Å². The number of H-pyrrole nitrogens is 1. The lowest BCUT2D eigenvalue weighted by atomic mass is 9.96. The Kier molecular flexibility index (Phi) is 12.2. The van der Waals surface area contributed by atoms with E-state index in [1.807, 2.05) is 13.8 Å². The van der Waals surface area contributed by atoms with Gasteiger partial charge in [-0.2, -0.15) is 13.2 Å². The summed E-state index contributed by atoms with van der Waals surface area (Å²) in [5.74, 6) is -1.44. The van der Waals surface area contributed by atoms with Crippen LogP contribution < -0.4 is 0 Å². The van der Waals surface area contributed by atoms with Gasteiger partial charge in [-0.05, 0) is 31.9 Å². The molecule has 37 heavy (non-hydrogen) atoms. The zero-order valence-electron chi connectivity index (χ0n) is 21.5. The molecule has 0 saturated heterocycles. The van der Waals surface area contributed by atoms with Crippen LogP contribution in [0, 0.1) is 5.41 Å². The van der Waals surface area contributed by atoms with Gasteiger partial charge in [0.1, 0.15) is 6.04 Å². The van der Waals surface area contributed by atoms with Gasteiger partial charge >= 0.3 is 6.18 Å². The number of aromatic nitrogens is 2. The molecule has 1 aromatic heterocycles. The molecule has 1 aliphatic rings. The molecule has 0 saturated carbocycles. The van der Waals surface area contributed by atoms with E-state index in [1.54, 1.807) is 6.92 Å². The van der Waals surface area contributed by atoms with Crippen molar-refractivity contribution in [3.05, 3.63) is 77.3 Å². The van der Waals surface area contributed by atoms with Gasteiger partial charge in [-0.3, -0.25) is 4.79 Å². The van der Waals surface area contributed by atoms with E-state index in [9.17, 15) is 26.7 Å². The minimum atomic E-state index is -4.43. The van der Waals surface area contributed by atoms with Crippen LogP contribution in [-0.4, -0.2) is 45.6 Å². The number of nitrogens with one attached hydrogen (secondary N) is 2. The second kappa shape index (κ2) is 14.3. The molecule has 2 N–H and O–H groups in total. The molecule has 0 aliphatic carbocycles. The normalized spacial score (nSPS) is 17.2. The van der Waals surface area contributed by atoms with E-state index in [4.69, 9.17) is 10.1 Å². The fourth-order valence-corrected chi connectivity index (χ4v) is 3.54. The maximum Gasteiger partial charge on any atom is 0.412 e. The van der Waals surface area contributed by atoms with Gasteiger partial charge in [-0.1, -0.05) is 45.6 Å². The third kappa shape index (κ3) is 8.26. The summed E-state index contributed by atoms with van der Waals surface area (Å²) in [4.78, 5) is 21.6. The van der Waals surface area contributed by atoms with Crippen LogP contribution in [0.1, 0.15) is 58.5 Å². The molecule has 0 spiro atoms. The maximum absolute atomic E-state index is 13.3. The molecule has 1 unspecified atom stereocenters. The van der Waals surface area contributed by atoms with Crippen LogP contribution in [0.15, 0.2) is 66.0 Å². The highest BCUT2D eigenvalue weighted by atomic mass is 19.4. The smallest absolute Gasteiger partial charge is 0.412 e.